The molecule has 0 N–H and O–H groups in total. The lowest BCUT2D eigenvalue weighted by atomic mass is 9.98. The monoisotopic (exact) mass is 393 g/mol. The summed E-state index contributed by atoms with van der Waals surface area (Å²) in [6, 6.07) is 21.2. The highest BCUT2D eigenvalue weighted by Gasteiger charge is 2.25. The van der Waals surface area contributed by atoms with E-state index in [-0.39, 0.29) is 6.04 Å². The fraction of sp³-hybridized carbons (Fsp3) is 0.0833. The van der Waals surface area contributed by atoms with Crippen LogP contribution in [0.3, 0.4) is 0 Å². The number of ether oxygens (including phenoxy) is 1. The van der Waals surface area contributed by atoms with Gasteiger partial charge in [0.25, 0.3) is 0 Å². The third-order valence-electron chi connectivity index (χ3n) is 4.74. The molecule has 1 aromatic carbocycles. The zero-order valence-electron chi connectivity index (χ0n) is 16.4. The van der Waals surface area contributed by atoms with Gasteiger partial charge in [-0.1, -0.05) is 12.1 Å². The normalized spacial score (nSPS) is 10.4. The minimum Gasteiger partial charge on any atom is -0.481 e. The Labute approximate surface area is 175 Å². The first-order valence-electron chi connectivity index (χ1n) is 9.39. The summed E-state index contributed by atoms with van der Waals surface area (Å²) in [5, 5.41) is 9.20. The average molecular weight is 393 g/mol. The Balaban J connectivity index is 1.91. The first-order chi connectivity index (χ1) is 14.8. The van der Waals surface area contributed by atoms with Crippen molar-refractivity contribution in [1.29, 1.82) is 5.26 Å². The van der Waals surface area contributed by atoms with Gasteiger partial charge < -0.3 is 9.64 Å². The Morgan fingerprint density at radius 1 is 0.833 bits per heavy atom. The topological polar surface area (TPSA) is 74.9 Å². The highest BCUT2D eigenvalue weighted by Crippen LogP contribution is 2.38. The van der Waals surface area contributed by atoms with Crippen molar-refractivity contribution in [3.8, 4) is 11.9 Å². The second-order valence-corrected chi connectivity index (χ2v) is 6.56. The summed E-state index contributed by atoms with van der Waals surface area (Å²) in [6.07, 6.45) is 8.99. The van der Waals surface area contributed by atoms with Gasteiger partial charge in [-0.05, 0) is 53.6 Å². The van der Waals surface area contributed by atoms with E-state index in [1.165, 1.54) is 0 Å². The predicted octanol–water partition coefficient (Wildman–Crippen LogP) is 4.68. The van der Waals surface area contributed by atoms with Crippen LogP contribution < -0.4 is 9.64 Å². The van der Waals surface area contributed by atoms with Crippen LogP contribution in [0.1, 0.15) is 22.7 Å². The van der Waals surface area contributed by atoms with E-state index in [4.69, 9.17) is 4.74 Å². The molecule has 3 aromatic heterocycles. The van der Waals surface area contributed by atoms with E-state index in [0.29, 0.717) is 11.4 Å². The van der Waals surface area contributed by atoms with Gasteiger partial charge in [-0.15, -0.1) is 0 Å². The fourth-order valence-electron chi connectivity index (χ4n) is 3.35. The molecule has 0 fully saturated rings. The van der Waals surface area contributed by atoms with Crippen LogP contribution in [-0.2, 0) is 0 Å². The van der Waals surface area contributed by atoms with Crippen LogP contribution in [0.15, 0.2) is 91.6 Å². The van der Waals surface area contributed by atoms with Crippen LogP contribution in [-0.4, -0.2) is 22.1 Å². The number of rotatable bonds is 6. The molecule has 0 aliphatic heterocycles. The molecule has 0 aliphatic rings. The van der Waals surface area contributed by atoms with Crippen LogP contribution >= 0.6 is 0 Å². The van der Waals surface area contributed by atoms with Crippen LogP contribution in [0.5, 0.6) is 5.88 Å². The van der Waals surface area contributed by atoms with Crippen molar-refractivity contribution in [3.63, 3.8) is 0 Å². The van der Waals surface area contributed by atoms with E-state index in [0.717, 1.165) is 22.5 Å². The number of methoxy groups -OCH3 is 1. The molecule has 0 unspecified atom stereocenters. The van der Waals surface area contributed by atoms with Crippen molar-refractivity contribution in [2.75, 3.05) is 12.0 Å². The van der Waals surface area contributed by atoms with Gasteiger partial charge in [-0.2, -0.15) is 5.26 Å². The largest absolute Gasteiger partial charge is 0.481 e. The van der Waals surface area contributed by atoms with Gasteiger partial charge in [-0.25, -0.2) is 4.98 Å². The molecule has 0 saturated carbocycles. The molecular weight excluding hydrogens is 374 g/mol. The second-order valence-electron chi connectivity index (χ2n) is 6.56. The van der Waals surface area contributed by atoms with Gasteiger partial charge in [0.2, 0.25) is 5.88 Å². The van der Waals surface area contributed by atoms with Crippen molar-refractivity contribution in [2.24, 2.45) is 0 Å². The van der Waals surface area contributed by atoms with Crippen LogP contribution in [0.2, 0.25) is 0 Å². The summed E-state index contributed by atoms with van der Waals surface area (Å²) < 4.78 is 5.23. The van der Waals surface area contributed by atoms with Crippen molar-refractivity contribution in [2.45, 2.75) is 6.04 Å². The Morgan fingerprint density at radius 2 is 1.47 bits per heavy atom. The molecule has 6 heteroatoms. The summed E-state index contributed by atoms with van der Waals surface area (Å²) >= 11 is 0. The lowest BCUT2D eigenvalue weighted by Gasteiger charge is -2.34. The van der Waals surface area contributed by atoms with Crippen LogP contribution in [0.25, 0.3) is 0 Å². The first kappa shape index (κ1) is 19.1. The molecule has 4 aromatic rings. The van der Waals surface area contributed by atoms with Crippen LogP contribution in [0.4, 0.5) is 11.4 Å². The third kappa shape index (κ3) is 3.96. The van der Waals surface area contributed by atoms with E-state index in [9.17, 15) is 5.26 Å². The summed E-state index contributed by atoms with van der Waals surface area (Å²) in [7, 11) is 1.59. The number of aromatic nitrogens is 3. The highest BCUT2D eigenvalue weighted by molar-refractivity contribution is 5.67. The minimum atomic E-state index is -0.199. The quantitative estimate of drug-likeness (QED) is 0.473. The predicted molar refractivity (Wildman–Crippen MR) is 114 cm³/mol. The Bertz CT molecular complexity index is 1080. The maximum atomic E-state index is 9.20. The lowest BCUT2D eigenvalue weighted by Crippen LogP contribution is -2.25. The number of anilines is 2. The molecule has 30 heavy (non-hydrogen) atoms. The van der Waals surface area contributed by atoms with Crippen LogP contribution in [0, 0.1) is 11.3 Å². The number of hydrogen-bond acceptors (Lipinski definition) is 6. The molecule has 3 heterocycles. The Kier molecular flexibility index (Phi) is 5.63. The van der Waals surface area contributed by atoms with Gasteiger partial charge >= 0.3 is 0 Å². The highest BCUT2D eigenvalue weighted by atomic mass is 16.5. The molecule has 0 saturated heterocycles. The Morgan fingerprint density at radius 3 is 1.93 bits per heavy atom. The third-order valence-corrected chi connectivity index (χ3v) is 4.74. The molecule has 0 aliphatic carbocycles. The minimum absolute atomic E-state index is 0.199. The number of pyridine rings is 3. The molecule has 6 nitrogen and oxygen atoms in total. The summed E-state index contributed by atoms with van der Waals surface area (Å²) in [5.41, 5.74) is 4.40. The van der Waals surface area contributed by atoms with Crippen molar-refractivity contribution in [3.05, 3.63) is 108 Å². The van der Waals surface area contributed by atoms with Crippen molar-refractivity contribution >= 4 is 11.4 Å². The van der Waals surface area contributed by atoms with Gasteiger partial charge in [0, 0.05) is 36.5 Å². The standard InChI is InChI=1S/C24H19N5O/c1-30-23-11-10-22(17-28-23)29(21-8-6-18(14-25)7-9-21)24(19-4-2-12-26-15-19)20-5-3-13-27-16-20/h2-13,15-17,24H,1H3. The van der Waals surface area contributed by atoms with Crippen molar-refractivity contribution in [1.82, 2.24) is 15.0 Å². The van der Waals surface area contributed by atoms with E-state index < -0.39 is 0 Å². The number of nitrogens with zero attached hydrogens (tertiary/aromatic N) is 5. The molecule has 0 atom stereocenters. The molecule has 4 rings (SSSR count). The van der Waals surface area contributed by atoms with Gasteiger partial charge in [0.05, 0.1) is 36.7 Å². The zero-order chi connectivity index (χ0) is 20.8. The number of nitriles is 1. The van der Waals surface area contributed by atoms with E-state index in [1.54, 1.807) is 25.7 Å². The maximum absolute atomic E-state index is 9.20. The van der Waals surface area contributed by atoms with Crippen molar-refractivity contribution < 1.29 is 4.74 Å². The summed E-state index contributed by atoms with van der Waals surface area (Å²) in [5.74, 6) is 0.540. The molecule has 146 valence electrons. The number of benzene rings is 1. The first-order valence-corrected chi connectivity index (χ1v) is 9.39. The fourth-order valence-corrected chi connectivity index (χ4v) is 3.35. The maximum Gasteiger partial charge on any atom is 0.213 e. The molecule has 0 radical (unpaired) electrons. The van der Waals surface area contributed by atoms with Gasteiger partial charge in [0.15, 0.2) is 0 Å². The Hall–Kier alpha value is -4.24. The van der Waals surface area contributed by atoms with E-state index in [1.807, 2.05) is 73.1 Å². The van der Waals surface area contributed by atoms with E-state index in [2.05, 4.69) is 25.9 Å². The molecule has 0 spiro atoms. The van der Waals surface area contributed by atoms with Gasteiger partial charge in [-0.3, -0.25) is 9.97 Å². The summed E-state index contributed by atoms with van der Waals surface area (Å²) in [4.78, 5) is 15.2. The SMILES string of the molecule is COc1ccc(N(c2ccc(C#N)cc2)C(c2cccnc2)c2cccnc2)cn1. The molecular formula is C24H19N5O. The lowest BCUT2D eigenvalue weighted by molar-refractivity contribution is 0.398. The summed E-state index contributed by atoms with van der Waals surface area (Å²) in [6.45, 7) is 0. The zero-order valence-corrected chi connectivity index (χ0v) is 16.4. The smallest absolute Gasteiger partial charge is 0.213 e. The molecule has 0 bridgehead atoms. The average Bonchev–Trinajstić information content (AvgIpc) is 2.84. The van der Waals surface area contributed by atoms with E-state index >= 15 is 0 Å². The second kappa shape index (κ2) is 8.84. The molecule has 0 amide bonds. The number of hydrogen-bond donors (Lipinski definition) is 0. The van der Waals surface area contributed by atoms with Gasteiger partial charge in [0.1, 0.15) is 0 Å².